The predicted octanol–water partition coefficient (Wildman–Crippen LogP) is 3.18. The molecule has 0 spiro atoms. The molecular formula is C14H12ClN3O. The number of aromatic hydroxyl groups is 1. The molecule has 3 rings (SSSR count). The van der Waals surface area contributed by atoms with Crippen LogP contribution in [0.2, 0.25) is 5.02 Å². The first-order valence-corrected chi connectivity index (χ1v) is 6.15. The number of aryl methyl sites for hydroxylation is 1. The number of fused-ring (bicyclic) bond motifs is 1. The second kappa shape index (κ2) is 4.17. The molecular weight excluding hydrogens is 262 g/mol. The normalized spacial score (nSPS) is 11.1. The lowest BCUT2D eigenvalue weighted by atomic mass is 10.2. The largest absolute Gasteiger partial charge is 0.506 e. The average Bonchev–Trinajstić information content (AvgIpc) is 2.70. The zero-order chi connectivity index (χ0) is 13.6. The molecule has 3 aromatic rings. The van der Waals surface area contributed by atoms with Crippen LogP contribution in [0.15, 0.2) is 36.4 Å². The third-order valence-electron chi connectivity index (χ3n) is 3.13. The molecule has 5 heteroatoms. The number of rotatable bonds is 1. The van der Waals surface area contributed by atoms with Gasteiger partial charge in [-0.2, -0.15) is 0 Å². The van der Waals surface area contributed by atoms with Gasteiger partial charge in [-0.1, -0.05) is 11.6 Å². The topological polar surface area (TPSA) is 64.1 Å². The van der Waals surface area contributed by atoms with Crippen LogP contribution in [0.3, 0.4) is 0 Å². The molecule has 0 bridgehead atoms. The van der Waals surface area contributed by atoms with Gasteiger partial charge in [-0.3, -0.25) is 0 Å². The molecule has 0 atom stereocenters. The fourth-order valence-electron chi connectivity index (χ4n) is 2.12. The maximum absolute atomic E-state index is 9.47. The SMILES string of the molecule is Cn1c(-c2ccc(O)c(N)c2)nc2cc(Cl)ccc21. The lowest BCUT2D eigenvalue weighted by molar-refractivity contribution is 0.478. The van der Waals surface area contributed by atoms with Crippen LogP contribution >= 0.6 is 11.6 Å². The van der Waals surface area contributed by atoms with E-state index in [1.807, 2.05) is 29.8 Å². The lowest BCUT2D eigenvalue weighted by Crippen LogP contribution is -1.94. The van der Waals surface area contributed by atoms with Crippen molar-refractivity contribution in [3.63, 3.8) is 0 Å². The molecule has 4 nitrogen and oxygen atoms in total. The van der Waals surface area contributed by atoms with Crippen molar-refractivity contribution < 1.29 is 5.11 Å². The first kappa shape index (κ1) is 11.9. The van der Waals surface area contributed by atoms with E-state index in [0.717, 1.165) is 22.4 Å². The first-order chi connectivity index (χ1) is 9.06. The Bertz CT molecular complexity index is 780. The molecule has 3 N–H and O–H groups in total. The number of aromatic nitrogens is 2. The van der Waals surface area contributed by atoms with E-state index in [1.54, 1.807) is 18.2 Å². The number of phenolic OH excluding ortho intramolecular Hbond substituents is 1. The molecule has 0 unspecified atom stereocenters. The minimum Gasteiger partial charge on any atom is -0.506 e. The highest BCUT2D eigenvalue weighted by Gasteiger charge is 2.11. The number of nitrogens with zero attached hydrogens (tertiary/aromatic N) is 2. The number of nitrogen functional groups attached to an aromatic ring is 1. The summed E-state index contributed by atoms with van der Waals surface area (Å²) in [4.78, 5) is 4.56. The van der Waals surface area contributed by atoms with E-state index < -0.39 is 0 Å². The van der Waals surface area contributed by atoms with Gasteiger partial charge in [0.2, 0.25) is 0 Å². The monoisotopic (exact) mass is 273 g/mol. The van der Waals surface area contributed by atoms with Crippen molar-refractivity contribution in [1.82, 2.24) is 9.55 Å². The van der Waals surface area contributed by atoms with Gasteiger partial charge in [-0.15, -0.1) is 0 Å². The summed E-state index contributed by atoms with van der Waals surface area (Å²) in [5.41, 5.74) is 8.73. The highest BCUT2D eigenvalue weighted by molar-refractivity contribution is 6.31. The van der Waals surface area contributed by atoms with Crippen LogP contribution in [0, 0.1) is 0 Å². The first-order valence-electron chi connectivity index (χ1n) is 5.77. The van der Waals surface area contributed by atoms with E-state index in [4.69, 9.17) is 17.3 Å². The van der Waals surface area contributed by atoms with Gasteiger partial charge in [0.25, 0.3) is 0 Å². The quantitative estimate of drug-likeness (QED) is 0.529. The Balaban J connectivity index is 2.24. The van der Waals surface area contributed by atoms with Gasteiger partial charge in [-0.25, -0.2) is 4.98 Å². The summed E-state index contributed by atoms with van der Waals surface area (Å²) >= 11 is 5.97. The summed E-state index contributed by atoms with van der Waals surface area (Å²) < 4.78 is 1.97. The van der Waals surface area contributed by atoms with E-state index in [2.05, 4.69) is 4.98 Å². The molecule has 1 heterocycles. The van der Waals surface area contributed by atoms with Crippen molar-refractivity contribution in [3.8, 4) is 17.1 Å². The zero-order valence-corrected chi connectivity index (χ0v) is 11.0. The maximum atomic E-state index is 9.47. The van der Waals surface area contributed by atoms with Crippen molar-refractivity contribution in [2.24, 2.45) is 7.05 Å². The predicted molar refractivity (Wildman–Crippen MR) is 77.2 cm³/mol. The smallest absolute Gasteiger partial charge is 0.140 e. The number of hydrogen-bond donors (Lipinski definition) is 2. The third-order valence-corrected chi connectivity index (χ3v) is 3.36. The van der Waals surface area contributed by atoms with Crippen molar-refractivity contribution >= 4 is 28.3 Å². The molecule has 0 aliphatic heterocycles. The molecule has 96 valence electrons. The van der Waals surface area contributed by atoms with Crippen LogP contribution < -0.4 is 5.73 Å². The Kier molecular flexibility index (Phi) is 2.61. The molecule has 2 aromatic carbocycles. The Morgan fingerprint density at radius 3 is 2.74 bits per heavy atom. The second-order valence-electron chi connectivity index (χ2n) is 4.40. The Hall–Kier alpha value is -2.20. The molecule has 1 aromatic heterocycles. The van der Waals surface area contributed by atoms with Crippen LogP contribution in [0.5, 0.6) is 5.75 Å². The van der Waals surface area contributed by atoms with Crippen LogP contribution in [0.25, 0.3) is 22.4 Å². The van der Waals surface area contributed by atoms with Crippen molar-refractivity contribution in [2.75, 3.05) is 5.73 Å². The third kappa shape index (κ3) is 1.90. The van der Waals surface area contributed by atoms with Gasteiger partial charge < -0.3 is 15.4 Å². The highest BCUT2D eigenvalue weighted by atomic mass is 35.5. The van der Waals surface area contributed by atoms with E-state index in [9.17, 15) is 5.11 Å². The number of halogens is 1. The summed E-state index contributed by atoms with van der Waals surface area (Å²) in [5, 5.41) is 10.1. The van der Waals surface area contributed by atoms with Gasteiger partial charge in [0.15, 0.2) is 0 Å². The zero-order valence-electron chi connectivity index (χ0n) is 10.3. The van der Waals surface area contributed by atoms with Gasteiger partial charge >= 0.3 is 0 Å². The summed E-state index contributed by atoms with van der Waals surface area (Å²) in [6.45, 7) is 0. The van der Waals surface area contributed by atoms with Crippen LogP contribution in [-0.2, 0) is 7.05 Å². The van der Waals surface area contributed by atoms with Gasteiger partial charge in [0.1, 0.15) is 11.6 Å². The number of imidazole rings is 1. The van der Waals surface area contributed by atoms with E-state index in [0.29, 0.717) is 10.7 Å². The number of hydrogen-bond acceptors (Lipinski definition) is 3. The fraction of sp³-hybridized carbons (Fsp3) is 0.0714. The average molecular weight is 274 g/mol. The van der Waals surface area contributed by atoms with Crippen molar-refractivity contribution in [2.45, 2.75) is 0 Å². The standard InChI is InChI=1S/C14H12ClN3O/c1-18-12-4-3-9(15)7-11(12)17-14(18)8-2-5-13(19)10(16)6-8/h2-7,19H,16H2,1H3. The molecule has 0 saturated heterocycles. The van der Waals surface area contributed by atoms with Gasteiger partial charge in [-0.05, 0) is 36.4 Å². The molecule has 0 aliphatic rings. The van der Waals surface area contributed by atoms with E-state index in [-0.39, 0.29) is 5.75 Å². The minimum absolute atomic E-state index is 0.0746. The van der Waals surface area contributed by atoms with E-state index >= 15 is 0 Å². The van der Waals surface area contributed by atoms with E-state index in [1.165, 1.54) is 0 Å². The van der Waals surface area contributed by atoms with Crippen LogP contribution in [0.4, 0.5) is 5.69 Å². The van der Waals surface area contributed by atoms with Crippen LogP contribution in [0.1, 0.15) is 0 Å². The summed E-state index contributed by atoms with van der Waals surface area (Å²) in [5.74, 6) is 0.856. The lowest BCUT2D eigenvalue weighted by Gasteiger charge is -2.04. The minimum atomic E-state index is 0.0746. The van der Waals surface area contributed by atoms with Gasteiger partial charge in [0.05, 0.1) is 16.7 Å². The molecule has 0 aliphatic carbocycles. The number of nitrogens with two attached hydrogens (primary N) is 1. The second-order valence-corrected chi connectivity index (χ2v) is 4.84. The summed E-state index contributed by atoms with van der Waals surface area (Å²) in [6.07, 6.45) is 0. The molecule has 0 fully saturated rings. The summed E-state index contributed by atoms with van der Waals surface area (Å²) in [6, 6.07) is 10.6. The maximum Gasteiger partial charge on any atom is 0.140 e. The Morgan fingerprint density at radius 1 is 1.21 bits per heavy atom. The molecule has 0 saturated carbocycles. The van der Waals surface area contributed by atoms with Crippen molar-refractivity contribution in [3.05, 3.63) is 41.4 Å². The number of benzene rings is 2. The number of phenols is 1. The number of anilines is 1. The molecule has 19 heavy (non-hydrogen) atoms. The summed E-state index contributed by atoms with van der Waals surface area (Å²) in [7, 11) is 1.93. The Labute approximate surface area is 115 Å². The van der Waals surface area contributed by atoms with Crippen LogP contribution in [-0.4, -0.2) is 14.7 Å². The molecule has 0 radical (unpaired) electrons. The fourth-order valence-corrected chi connectivity index (χ4v) is 2.29. The highest BCUT2D eigenvalue weighted by Crippen LogP contribution is 2.29. The van der Waals surface area contributed by atoms with Crippen molar-refractivity contribution in [1.29, 1.82) is 0 Å². The van der Waals surface area contributed by atoms with Gasteiger partial charge in [0, 0.05) is 17.6 Å². The Morgan fingerprint density at radius 2 is 2.00 bits per heavy atom. The molecule has 0 amide bonds.